The van der Waals surface area contributed by atoms with Crippen LogP contribution in [0.2, 0.25) is 5.02 Å². The summed E-state index contributed by atoms with van der Waals surface area (Å²) in [5.41, 5.74) is 0.115. The molecular formula is C14H19ClN2O2. The van der Waals surface area contributed by atoms with Crippen molar-refractivity contribution in [2.45, 2.75) is 45.1 Å². The van der Waals surface area contributed by atoms with Crippen LogP contribution >= 0.6 is 11.6 Å². The minimum Gasteiger partial charge on any atom is -0.478 e. The SMILES string of the molecule is CC1CCCCCC1Nc1ncc(C(=O)O)cc1Cl. The van der Waals surface area contributed by atoms with Gasteiger partial charge in [0.15, 0.2) is 0 Å². The minimum absolute atomic E-state index is 0.115. The molecular weight excluding hydrogens is 264 g/mol. The Morgan fingerprint density at radius 2 is 2.16 bits per heavy atom. The number of anilines is 1. The standard InChI is InChI=1S/C14H19ClN2O2/c1-9-5-3-2-4-6-12(9)17-13-11(15)7-10(8-16-13)14(18)19/h7-9,12H,2-6H2,1H3,(H,16,17)(H,18,19). The Balaban J connectivity index is 2.11. The van der Waals surface area contributed by atoms with Gasteiger partial charge in [-0.15, -0.1) is 0 Å². The van der Waals surface area contributed by atoms with Gasteiger partial charge < -0.3 is 10.4 Å². The summed E-state index contributed by atoms with van der Waals surface area (Å²) in [4.78, 5) is 15.0. The summed E-state index contributed by atoms with van der Waals surface area (Å²) in [7, 11) is 0. The molecule has 1 saturated carbocycles. The third-order valence-electron chi connectivity index (χ3n) is 3.77. The molecule has 0 amide bonds. The highest BCUT2D eigenvalue weighted by Gasteiger charge is 2.21. The predicted octanol–water partition coefficient (Wildman–Crippen LogP) is 3.81. The largest absolute Gasteiger partial charge is 0.478 e. The quantitative estimate of drug-likeness (QED) is 0.828. The van der Waals surface area contributed by atoms with Crippen LogP contribution in [-0.4, -0.2) is 22.1 Å². The Kier molecular flexibility index (Phi) is 4.64. The van der Waals surface area contributed by atoms with Crippen LogP contribution in [0.1, 0.15) is 49.4 Å². The molecule has 2 rings (SSSR count). The van der Waals surface area contributed by atoms with Crippen LogP contribution in [0.4, 0.5) is 5.82 Å². The lowest BCUT2D eigenvalue weighted by Crippen LogP contribution is -2.26. The molecule has 5 heteroatoms. The number of nitrogens with one attached hydrogen (secondary N) is 1. The Morgan fingerprint density at radius 1 is 1.42 bits per heavy atom. The van der Waals surface area contributed by atoms with Crippen LogP contribution in [0.5, 0.6) is 0 Å². The van der Waals surface area contributed by atoms with Gasteiger partial charge in [0.2, 0.25) is 0 Å². The lowest BCUT2D eigenvalue weighted by molar-refractivity contribution is 0.0696. The summed E-state index contributed by atoms with van der Waals surface area (Å²) in [5, 5.41) is 12.6. The second-order valence-electron chi connectivity index (χ2n) is 5.23. The molecule has 2 unspecified atom stereocenters. The van der Waals surface area contributed by atoms with E-state index in [0.717, 1.165) is 6.42 Å². The van der Waals surface area contributed by atoms with Crippen molar-refractivity contribution < 1.29 is 9.90 Å². The van der Waals surface area contributed by atoms with Crippen molar-refractivity contribution in [1.82, 2.24) is 4.98 Å². The molecule has 0 bridgehead atoms. The van der Waals surface area contributed by atoms with E-state index in [1.165, 1.54) is 37.9 Å². The van der Waals surface area contributed by atoms with E-state index in [9.17, 15) is 4.79 Å². The van der Waals surface area contributed by atoms with Gasteiger partial charge >= 0.3 is 5.97 Å². The molecule has 0 spiro atoms. The Morgan fingerprint density at radius 3 is 2.84 bits per heavy atom. The molecule has 1 aliphatic rings. The van der Waals surface area contributed by atoms with Gasteiger partial charge in [-0.1, -0.05) is 37.8 Å². The maximum Gasteiger partial charge on any atom is 0.337 e. The first kappa shape index (κ1) is 14.1. The van der Waals surface area contributed by atoms with Crippen LogP contribution in [0.15, 0.2) is 12.3 Å². The summed E-state index contributed by atoms with van der Waals surface area (Å²) in [6.07, 6.45) is 7.44. The smallest absolute Gasteiger partial charge is 0.337 e. The van der Waals surface area contributed by atoms with Crippen molar-refractivity contribution in [3.8, 4) is 0 Å². The predicted molar refractivity (Wildman–Crippen MR) is 75.9 cm³/mol. The fourth-order valence-electron chi connectivity index (χ4n) is 2.54. The number of rotatable bonds is 3. The van der Waals surface area contributed by atoms with E-state index in [1.54, 1.807) is 0 Å². The average molecular weight is 283 g/mol. The lowest BCUT2D eigenvalue weighted by atomic mass is 9.97. The highest BCUT2D eigenvalue weighted by atomic mass is 35.5. The molecule has 2 atom stereocenters. The molecule has 0 aliphatic heterocycles. The number of aromatic carboxylic acids is 1. The van der Waals surface area contributed by atoms with Crippen molar-refractivity contribution in [3.05, 3.63) is 22.8 Å². The van der Waals surface area contributed by atoms with E-state index in [1.807, 2.05) is 0 Å². The molecule has 1 heterocycles. The number of hydrogen-bond acceptors (Lipinski definition) is 3. The first-order chi connectivity index (χ1) is 9.08. The third-order valence-corrected chi connectivity index (χ3v) is 4.06. The molecule has 0 aromatic carbocycles. The number of carboxylic acids is 1. The highest BCUT2D eigenvalue weighted by molar-refractivity contribution is 6.33. The van der Waals surface area contributed by atoms with E-state index < -0.39 is 5.97 Å². The molecule has 1 aromatic heterocycles. The first-order valence-electron chi connectivity index (χ1n) is 6.73. The number of carboxylic acid groups (broad SMARTS) is 1. The summed E-state index contributed by atoms with van der Waals surface area (Å²) >= 11 is 6.09. The average Bonchev–Trinajstić information content (AvgIpc) is 2.57. The van der Waals surface area contributed by atoms with Gasteiger partial charge in [0, 0.05) is 12.2 Å². The van der Waals surface area contributed by atoms with Crippen LogP contribution < -0.4 is 5.32 Å². The molecule has 2 N–H and O–H groups in total. The van der Waals surface area contributed by atoms with Crippen LogP contribution in [0.3, 0.4) is 0 Å². The molecule has 0 saturated heterocycles. The van der Waals surface area contributed by atoms with Gasteiger partial charge in [0.1, 0.15) is 5.82 Å². The molecule has 1 aromatic rings. The maximum atomic E-state index is 10.8. The summed E-state index contributed by atoms with van der Waals surface area (Å²) in [6.45, 7) is 2.24. The number of nitrogens with zero attached hydrogens (tertiary/aromatic N) is 1. The lowest BCUT2D eigenvalue weighted by Gasteiger charge is -2.23. The van der Waals surface area contributed by atoms with E-state index in [2.05, 4.69) is 17.2 Å². The molecule has 1 aliphatic carbocycles. The summed E-state index contributed by atoms with van der Waals surface area (Å²) in [6, 6.07) is 1.81. The van der Waals surface area contributed by atoms with Crippen molar-refractivity contribution in [3.63, 3.8) is 0 Å². The fraction of sp³-hybridized carbons (Fsp3) is 0.571. The zero-order valence-corrected chi connectivity index (χ0v) is 11.8. The monoisotopic (exact) mass is 282 g/mol. The Hall–Kier alpha value is -1.29. The third kappa shape index (κ3) is 3.60. The number of halogens is 1. The number of carbonyl (C=O) groups is 1. The van der Waals surface area contributed by atoms with Gasteiger partial charge in [0.05, 0.1) is 10.6 Å². The Labute approximate surface area is 118 Å². The van der Waals surface area contributed by atoms with E-state index in [0.29, 0.717) is 22.8 Å². The minimum atomic E-state index is -1.01. The van der Waals surface area contributed by atoms with E-state index >= 15 is 0 Å². The van der Waals surface area contributed by atoms with E-state index in [4.69, 9.17) is 16.7 Å². The zero-order chi connectivity index (χ0) is 13.8. The molecule has 4 nitrogen and oxygen atoms in total. The molecule has 104 valence electrons. The van der Waals surface area contributed by atoms with Crippen molar-refractivity contribution in [2.75, 3.05) is 5.32 Å². The van der Waals surface area contributed by atoms with Crippen LogP contribution in [0.25, 0.3) is 0 Å². The van der Waals surface area contributed by atoms with Crippen molar-refractivity contribution in [1.29, 1.82) is 0 Å². The zero-order valence-electron chi connectivity index (χ0n) is 11.0. The summed E-state index contributed by atoms with van der Waals surface area (Å²) in [5.74, 6) is 0.161. The second-order valence-corrected chi connectivity index (χ2v) is 5.63. The molecule has 0 radical (unpaired) electrons. The number of hydrogen-bond donors (Lipinski definition) is 2. The molecule has 19 heavy (non-hydrogen) atoms. The highest BCUT2D eigenvalue weighted by Crippen LogP contribution is 2.28. The normalized spacial score (nSPS) is 23.7. The Bertz CT molecular complexity index is 465. The fourth-order valence-corrected chi connectivity index (χ4v) is 2.77. The van der Waals surface area contributed by atoms with E-state index in [-0.39, 0.29) is 5.56 Å². The summed E-state index contributed by atoms with van der Waals surface area (Å²) < 4.78 is 0. The van der Waals surface area contributed by atoms with Gasteiger partial charge in [-0.3, -0.25) is 0 Å². The van der Waals surface area contributed by atoms with Gasteiger partial charge in [-0.25, -0.2) is 9.78 Å². The van der Waals surface area contributed by atoms with Crippen LogP contribution in [0, 0.1) is 5.92 Å². The molecule has 1 fully saturated rings. The number of aromatic nitrogens is 1. The first-order valence-corrected chi connectivity index (χ1v) is 7.11. The topological polar surface area (TPSA) is 62.2 Å². The maximum absolute atomic E-state index is 10.8. The number of pyridine rings is 1. The van der Waals surface area contributed by atoms with Gasteiger partial charge in [-0.05, 0) is 24.8 Å². The van der Waals surface area contributed by atoms with Crippen molar-refractivity contribution >= 4 is 23.4 Å². The van der Waals surface area contributed by atoms with Crippen LogP contribution in [-0.2, 0) is 0 Å². The second kappa shape index (κ2) is 6.24. The van der Waals surface area contributed by atoms with Gasteiger partial charge in [0.25, 0.3) is 0 Å². The van der Waals surface area contributed by atoms with Gasteiger partial charge in [-0.2, -0.15) is 0 Å². The van der Waals surface area contributed by atoms with Crippen molar-refractivity contribution in [2.24, 2.45) is 5.92 Å².